The van der Waals surface area contributed by atoms with E-state index in [2.05, 4.69) is 5.32 Å². The lowest BCUT2D eigenvalue weighted by atomic mass is 10.2. The molecule has 1 amide bonds. The van der Waals surface area contributed by atoms with Gasteiger partial charge in [0.1, 0.15) is 11.7 Å². The number of alkyl carbamates (subject to hydrolysis) is 1. The molecule has 1 aromatic carbocycles. The van der Waals surface area contributed by atoms with Gasteiger partial charge in [-0.25, -0.2) is 14.7 Å². The largest absolute Gasteiger partial charge is 0.444 e. The number of carbonyl (C=O) groups is 1. The third kappa shape index (κ3) is 6.65. The lowest BCUT2D eigenvalue weighted by Gasteiger charge is -2.23. The van der Waals surface area contributed by atoms with E-state index in [0.29, 0.717) is 6.61 Å². The van der Waals surface area contributed by atoms with Crippen LogP contribution >= 0.6 is 0 Å². The Hall–Kier alpha value is -2.38. The van der Waals surface area contributed by atoms with Crippen molar-refractivity contribution in [2.75, 3.05) is 26.9 Å². The van der Waals surface area contributed by atoms with Crippen molar-refractivity contribution in [2.24, 2.45) is 0 Å². The first-order valence-electron chi connectivity index (χ1n) is 9.13. The van der Waals surface area contributed by atoms with Gasteiger partial charge in [-0.3, -0.25) is 4.84 Å². The number of nitrogens with zero attached hydrogens (tertiary/aromatic N) is 1. The molecule has 154 valence electrons. The highest BCUT2D eigenvalue weighted by atomic mass is 16.7. The van der Waals surface area contributed by atoms with Gasteiger partial charge in [0.25, 0.3) is 0 Å². The normalized spacial score (nSPS) is 19.4. The lowest BCUT2D eigenvalue weighted by molar-refractivity contribution is -0.134. The van der Waals surface area contributed by atoms with Gasteiger partial charge in [0.2, 0.25) is 0 Å². The van der Waals surface area contributed by atoms with E-state index in [-0.39, 0.29) is 25.5 Å². The van der Waals surface area contributed by atoms with E-state index >= 15 is 0 Å². The van der Waals surface area contributed by atoms with Gasteiger partial charge in [-0.1, -0.05) is 30.3 Å². The number of nitrogens with one attached hydrogen (secondary N) is 1. The first kappa shape index (κ1) is 21.9. The summed E-state index contributed by atoms with van der Waals surface area (Å²) in [6, 6.07) is 9.04. The molecule has 2 rings (SSSR count). The predicted octanol–water partition coefficient (Wildman–Crippen LogP) is 2.07. The number of benzene rings is 1. The Morgan fingerprint density at radius 3 is 2.57 bits per heavy atom. The molecule has 8 heteroatoms. The molecule has 0 aliphatic carbocycles. The molecule has 0 radical (unpaired) electrons. The topological polar surface area (TPSA) is 86.3 Å². The molecular weight excluding hydrogens is 364 g/mol. The van der Waals surface area contributed by atoms with Crippen LogP contribution in [0.15, 0.2) is 36.0 Å². The second kappa shape index (κ2) is 10.2. The molecule has 0 saturated carbocycles. The Balaban J connectivity index is 2.07. The van der Waals surface area contributed by atoms with Gasteiger partial charge >= 0.3 is 6.09 Å². The second-order valence-corrected chi connectivity index (χ2v) is 7.34. The highest BCUT2D eigenvalue weighted by Crippen LogP contribution is 2.25. The van der Waals surface area contributed by atoms with Crippen molar-refractivity contribution in [1.29, 1.82) is 0 Å². The summed E-state index contributed by atoms with van der Waals surface area (Å²) < 4.78 is 16.1. The Morgan fingerprint density at radius 2 is 1.96 bits per heavy atom. The van der Waals surface area contributed by atoms with Crippen LogP contribution in [0.5, 0.6) is 0 Å². The Bertz CT molecular complexity index is 682. The number of hydroxylamine groups is 2. The van der Waals surface area contributed by atoms with Gasteiger partial charge in [-0.15, -0.1) is 0 Å². The van der Waals surface area contributed by atoms with Crippen LogP contribution in [0, 0.1) is 0 Å². The zero-order valence-electron chi connectivity index (χ0n) is 16.8. The van der Waals surface area contributed by atoms with E-state index < -0.39 is 23.8 Å². The fraction of sp³-hybridized carbons (Fsp3) is 0.550. The van der Waals surface area contributed by atoms with Crippen LogP contribution in [0.3, 0.4) is 0 Å². The van der Waals surface area contributed by atoms with E-state index in [1.54, 1.807) is 27.9 Å². The van der Waals surface area contributed by atoms with Crippen molar-refractivity contribution in [3.05, 3.63) is 41.6 Å². The van der Waals surface area contributed by atoms with Crippen molar-refractivity contribution in [2.45, 2.75) is 45.1 Å². The van der Waals surface area contributed by atoms with E-state index in [4.69, 9.17) is 19.0 Å². The smallest absolute Gasteiger partial charge is 0.408 e. The maximum Gasteiger partial charge on any atom is 0.408 e. The van der Waals surface area contributed by atoms with Gasteiger partial charge in [0.05, 0.1) is 32.4 Å². The fourth-order valence-corrected chi connectivity index (χ4v) is 2.70. The zero-order chi connectivity index (χ0) is 20.6. The van der Waals surface area contributed by atoms with E-state index in [1.807, 2.05) is 36.3 Å². The number of methoxy groups -OCH3 is 1. The molecule has 1 fully saturated rings. The molecule has 28 heavy (non-hydrogen) atoms. The summed E-state index contributed by atoms with van der Waals surface area (Å²) in [5.74, 6) is 1.89. The molecular formula is C20H28N2O6. The summed E-state index contributed by atoms with van der Waals surface area (Å²) in [6.45, 7) is 6.45. The summed E-state index contributed by atoms with van der Waals surface area (Å²) in [4.78, 5) is 29.6. The molecule has 1 saturated heterocycles. The standard InChI is InChI=1S/C20H28N2O6/c1-20(2,3)28-19(24)21-16-12-22(27-14-15-8-6-5-7-9-15)17(13-23)18(16)26-11-10-25-4/h5-9,16,18H,10-12,14H2,1-4H3,(H,21,24)/t16-,18-/m0/s1. The molecule has 0 bridgehead atoms. The molecule has 0 aromatic heterocycles. The van der Waals surface area contributed by atoms with Crippen LogP contribution in [-0.2, 0) is 30.4 Å². The molecule has 1 heterocycles. The van der Waals surface area contributed by atoms with Gasteiger partial charge in [-0.2, -0.15) is 0 Å². The maximum absolute atomic E-state index is 12.2. The minimum atomic E-state index is -0.712. The molecule has 8 nitrogen and oxygen atoms in total. The monoisotopic (exact) mass is 392 g/mol. The van der Waals surface area contributed by atoms with E-state index in [1.165, 1.54) is 5.06 Å². The number of ether oxygens (including phenoxy) is 3. The Kier molecular flexibility index (Phi) is 8.02. The van der Waals surface area contributed by atoms with E-state index in [9.17, 15) is 9.59 Å². The first-order valence-corrected chi connectivity index (χ1v) is 9.13. The molecule has 1 aliphatic heterocycles. The molecule has 1 aromatic rings. The summed E-state index contributed by atoms with van der Waals surface area (Å²) >= 11 is 0. The van der Waals surface area contributed by atoms with Crippen molar-refractivity contribution in [3.63, 3.8) is 0 Å². The average molecular weight is 392 g/mol. The number of rotatable bonds is 8. The fourth-order valence-electron chi connectivity index (χ4n) is 2.70. The van der Waals surface area contributed by atoms with Gasteiger partial charge in [0.15, 0.2) is 11.6 Å². The summed E-state index contributed by atoms with van der Waals surface area (Å²) in [6.07, 6.45) is -1.30. The molecule has 2 atom stereocenters. The van der Waals surface area contributed by atoms with E-state index in [0.717, 1.165) is 5.56 Å². The lowest BCUT2D eigenvalue weighted by Crippen LogP contribution is -2.46. The zero-order valence-corrected chi connectivity index (χ0v) is 16.8. The van der Waals surface area contributed by atoms with Gasteiger partial charge in [0, 0.05) is 7.11 Å². The van der Waals surface area contributed by atoms with Crippen LogP contribution in [0.4, 0.5) is 4.79 Å². The van der Waals surface area contributed by atoms with Gasteiger partial charge in [-0.05, 0) is 26.3 Å². The quantitative estimate of drug-likeness (QED) is 0.535. The first-order chi connectivity index (χ1) is 13.3. The van der Waals surface area contributed by atoms with Crippen molar-refractivity contribution in [3.8, 4) is 0 Å². The third-order valence-corrected chi connectivity index (χ3v) is 3.89. The minimum Gasteiger partial charge on any atom is -0.444 e. The number of hydrogen-bond donors (Lipinski definition) is 1. The number of hydrogen-bond acceptors (Lipinski definition) is 7. The van der Waals surface area contributed by atoms with Crippen LogP contribution in [0.1, 0.15) is 26.3 Å². The minimum absolute atomic E-state index is 0.188. The van der Waals surface area contributed by atoms with Crippen molar-refractivity contribution >= 4 is 12.0 Å². The SMILES string of the molecule is COCCO[C@@H]1C(=C=O)N(OCc2ccccc2)C[C@@H]1NC(=O)OC(C)(C)C. The predicted molar refractivity (Wildman–Crippen MR) is 102 cm³/mol. The third-order valence-electron chi connectivity index (χ3n) is 3.89. The maximum atomic E-state index is 12.2. The van der Waals surface area contributed by atoms with Gasteiger partial charge < -0.3 is 19.5 Å². The van der Waals surface area contributed by atoms with Crippen molar-refractivity contribution < 1.29 is 28.6 Å². The summed E-state index contributed by atoms with van der Waals surface area (Å²) in [5.41, 5.74) is 0.503. The number of amides is 1. The van der Waals surface area contributed by atoms with Crippen molar-refractivity contribution in [1.82, 2.24) is 10.4 Å². The summed E-state index contributed by atoms with van der Waals surface area (Å²) in [7, 11) is 1.56. The van der Waals surface area contributed by atoms with Crippen LogP contribution < -0.4 is 5.32 Å². The summed E-state index contributed by atoms with van der Waals surface area (Å²) in [5, 5.41) is 4.17. The molecule has 0 unspecified atom stereocenters. The Morgan fingerprint density at radius 1 is 1.25 bits per heavy atom. The second-order valence-electron chi connectivity index (χ2n) is 7.34. The highest BCUT2D eigenvalue weighted by molar-refractivity contribution is 5.69. The van der Waals surface area contributed by atoms with Crippen LogP contribution in [-0.4, -0.2) is 61.7 Å². The molecule has 0 spiro atoms. The van der Waals surface area contributed by atoms with Crippen LogP contribution in [0.2, 0.25) is 0 Å². The average Bonchev–Trinajstić information content (AvgIpc) is 2.96. The number of carbonyl (C=O) groups excluding carboxylic acids is 2. The Labute approximate surface area is 165 Å². The van der Waals surface area contributed by atoms with Crippen LogP contribution in [0.25, 0.3) is 0 Å². The molecule has 1 aliphatic rings. The molecule has 1 N–H and O–H groups in total. The highest BCUT2D eigenvalue weighted by Gasteiger charge is 2.41.